The maximum Gasteiger partial charge on any atom is 0.00922 e. The van der Waals surface area contributed by atoms with Gasteiger partial charge in [0.05, 0.1) is 0 Å². The van der Waals surface area contributed by atoms with Crippen LogP contribution in [0.2, 0.25) is 0 Å². The van der Waals surface area contributed by atoms with E-state index in [2.05, 4.69) is 38.4 Å². The second-order valence-electron chi connectivity index (χ2n) is 4.85. The van der Waals surface area contributed by atoms with Crippen molar-refractivity contribution in [3.8, 4) is 0 Å². The topological polar surface area (TPSA) is 3.24 Å². The van der Waals surface area contributed by atoms with Gasteiger partial charge in [-0.25, -0.2) is 0 Å². The van der Waals surface area contributed by atoms with Gasteiger partial charge in [-0.1, -0.05) is 13.3 Å². The summed E-state index contributed by atoms with van der Waals surface area (Å²) < 4.78 is 0. The summed E-state index contributed by atoms with van der Waals surface area (Å²) in [5.41, 5.74) is 0. The monoisotopic (exact) mass is 215 g/mol. The van der Waals surface area contributed by atoms with Crippen molar-refractivity contribution in [2.24, 2.45) is 11.8 Å². The van der Waals surface area contributed by atoms with Crippen LogP contribution in [0.25, 0.3) is 0 Å². The first-order valence-corrected chi connectivity index (χ1v) is 6.63. The average Bonchev–Trinajstić information content (AvgIpc) is 2.99. The van der Waals surface area contributed by atoms with Gasteiger partial charge in [0.25, 0.3) is 0 Å². The van der Waals surface area contributed by atoms with Gasteiger partial charge < -0.3 is 4.90 Å². The summed E-state index contributed by atoms with van der Waals surface area (Å²) in [6, 6.07) is 0.786. The highest BCUT2D eigenvalue weighted by Gasteiger charge is 2.30. The van der Waals surface area contributed by atoms with E-state index in [0.717, 1.165) is 23.6 Å². The van der Waals surface area contributed by atoms with Gasteiger partial charge in [0.1, 0.15) is 0 Å². The van der Waals surface area contributed by atoms with Gasteiger partial charge in [-0.05, 0) is 50.8 Å². The number of nitrogens with zero attached hydrogens (tertiary/aromatic N) is 1. The van der Waals surface area contributed by atoms with Crippen molar-refractivity contribution < 1.29 is 0 Å². The number of thiol groups is 1. The summed E-state index contributed by atoms with van der Waals surface area (Å²) in [5.74, 6) is 2.81. The van der Waals surface area contributed by atoms with E-state index in [-0.39, 0.29) is 0 Å². The predicted molar refractivity (Wildman–Crippen MR) is 67.1 cm³/mol. The maximum absolute atomic E-state index is 4.43. The first-order chi connectivity index (χ1) is 6.69. The molecule has 0 aliphatic heterocycles. The Morgan fingerprint density at radius 2 is 2.07 bits per heavy atom. The van der Waals surface area contributed by atoms with Gasteiger partial charge in [0.15, 0.2) is 0 Å². The molecule has 0 aromatic heterocycles. The maximum atomic E-state index is 4.43. The Bertz CT molecular complexity index is 156. The molecule has 84 valence electrons. The largest absolute Gasteiger partial charge is 0.303 e. The van der Waals surface area contributed by atoms with E-state index in [9.17, 15) is 0 Å². The molecule has 2 heteroatoms. The van der Waals surface area contributed by atoms with Gasteiger partial charge in [-0.2, -0.15) is 12.6 Å². The van der Waals surface area contributed by atoms with Crippen molar-refractivity contribution in [1.29, 1.82) is 0 Å². The van der Waals surface area contributed by atoms with Gasteiger partial charge in [-0.15, -0.1) is 0 Å². The number of rotatable bonds is 7. The van der Waals surface area contributed by atoms with E-state index >= 15 is 0 Å². The Kier molecular flexibility index (Phi) is 5.32. The van der Waals surface area contributed by atoms with E-state index in [1.165, 1.54) is 32.2 Å². The van der Waals surface area contributed by atoms with Gasteiger partial charge in [-0.3, -0.25) is 0 Å². The first-order valence-electron chi connectivity index (χ1n) is 6.00. The molecule has 1 aliphatic carbocycles. The van der Waals surface area contributed by atoms with Crippen molar-refractivity contribution in [1.82, 2.24) is 4.90 Å². The van der Waals surface area contributed by atoms with Crippen LogP contribution in [0.1, 0.15) is 39.5 Å². The zero-order chi connectivity index (χ0) is 10.6. The van der Waals surface area contributed by atoms with Crippen LogP contribution in [0.5, 0.6) is 0 Å². The summed E-state index contributed by atoms with van der Waals surface area (Å²) in [4.78, 5) is 2.54. The fourth-order valence-electron chi connectivity index (χ4n) is 2.16. The van der Waals surface area contributed by atoms with Gasteiger partial charge >= 0.3 is 0 Å². The van der Waals surface area contributed by atoms with Gasteiger partial charge in [0.2, 0.25) is 0 Å². The molecule has 0 N–H and O–H groups in total. The van der Waals surface area contributed by atoms with Crippen molar-refractivity contribution in [3.63, 3.8) is 0 Å². The molecule has 0 heterocycles. The number of hydrogen-bond donors (Lipinski definition) is 1. The van der Waals surface area contributed by atoms with Crippen LogP contribution in [0, 0.1) is 11.8 Å². The summed E-state index contributed by atoms with van der Waals surface area (Å²) in [5, 5.41) is 0. The summed E-state index contributed by atoms with van der Waals surface area (Å²) in [6.45, 7) is 5.87. The summed E-state index contributed by atoms with van der Waals surface area (Å²) in [6.07, 6.45) is 5.51. The normalized spacial score (nSPS) is 21.2. The molecule has 0 amide bonds. The zero-order valence-corrected chi connectivity index (χ0v) is 10.8. The fourth-order valence-corrected chi connectivity index (χ4v) is 2.46. The van der Waals surface area contributed by atoms with Crippen molar-refractivity contribution in [2.45, 2.75) is 45.6 Å². The van der Waals surface area contributed by atoms with E-state index in [0.29, 0.717) is 0 Å². The molecule has 0 bridgehead atoms. The van der Waals surface area contributed by atoms with Crippen molar-refractivity contribution in [2.75, 3.05) is 19.3 Å². The minimum Gasteiger partial charge on any atom is -0.303 e. The van der Waals surface area contributed by atoms with Crippen molar-refractivity contribution in [3.05, 3.63) is 0 Å². The molecule has 2 unspecified atom stereocenters. The minimum atomic E-state index is 0.786. The standard InChI is InChI=1S/C12H25NS/c1-4-5-11(9-14)8-13(3)10(2)12-6-7-12/h10-12,14H,4-9H2,1-3H3. The Labute approximate surface area is 94.7 Å². The molecule has 0 aromatic rings. The SMILES string of the molecule is CCCC(CS)CN(C)C(C)C1CC1. The highest BCUT2D eigenvalue weighted by molar-refractivity contribution is 7.80. The third-order valence-corrected chi connectivity index (χ3v) is 4.02. The average molecular weight is 215 g/mol. The van der Waals surface area contributed by atoms with Crippen LogP contribution in [-0.4, -0.2) is 30.3 Å². The van der Waals surface area contributed by atoms with Crippen LogP contribution < -0.4 is 0 Å². The third-order valence-electron chi connectivity index (χ3n) is 3.50. The lowest BCUT2D eigenvalue weighted by molar-refractivity contribution is 0.202. The smallest absolute Gasteiger partial charge is 0.00922 e. The van der Waals surface area contributed by atoms with E-state index in [1.54, 1.807) is 0 Å². The van der Waals surface area contributed by atoms with Crippen molar-refractivity contribution >= 4 is 12.6 Å². The highest BCUT2D eigenvalue weighted by atomic mass is 32.1. The fraction of sp³-hybridized carbons (Fsp3) is 1.00. The second kappa shape index (κ2) is 6.02. The molecule has 1 fully saturated rings. The second-order valence-corrected chi connectivity index (χ2v) is 5.22. The number of hydrogen-bond acceptors (Lipinski definition) is 2. The van der Waals surface area contributed by atoms with E-state index < -0.39 is 0 Å². The molecule has 0 radical (unpaired) electrons. The van der Waals surface area contributed by atoms with Crippen LogP contribution in [0.3, 0.4) is 0 Å². The lowest BCUT2D eigenvalue weighted by atomic mass is 10.0. The minimum absolute atomic E-state index is 0.786. The van der Waals surface area contributed by atoms with Crippen LogP contribution in [0.15, 0.2) is 0 Å². The molecule has 0 aromatic carbocycles. The molecule has 1 saturated carbocycles. The first kappa shape index (κ1) is 12.4. The van der Waals surface area contributed by atoms with E-state index in [4.69, 9.17) is 0 Å². The van der Waals surface area contributed by atoms with Gasteiger partial charge in [0, 0.05) is 12.6 Å². The lowest BCUT2D eigenvalue weighted by Gasteiger charge is -2.28. The molecule has 14 heavy (non-hydrogen) atoms. The molecule has 0 spiro atoms. The summed E-state index contributed by atoms with van der Waals surface area (Å²) >= 11 is 4.43. The Morgan fingerprint density at radius 1 is 1.43 bits per heavy atom. The zero-order valence-electron chi connectivity index (χ0n) is 9.87. The molecule has 2 atom stereocenters. The molecule has 1 nitrogen and oxygen atoms in total. The van der Waals surface area contributed by atoms with Crippen LogP contribution in [-0.2, 0) is 0 Å². The molecular weight excluding hydrogens is 190 g/mol. The highest BCUT2D eigenvalue weighted by Crippen LogP contribution is 2.34. The molecule has 0 saturated heterocycles. The third kappa shape index (κ3) is 3.82. The van der Waals surface area contributed by atoms with Crippen LogP contribution >= 0.6 is 12.6 Å². The summed E-state index contributed by atoms with van der Waals surface area (Å²) in [7, 11) is 2.27. The Morgan fingerprint density at radius 3 is 2.50 bits per heavy atom. The Hall–Kier alpha value is 0.310. The van der Waals surface area contributed by atoms with Crippen LogP contribution in [0.4, 0.5) is 0 Å². The Balaban J connectivity index is 2.25. The molecular formula is C12H25NS. The molecule has 1 rings (SSSR count). The van der Waals surface area contributed by atoms with E-state index in [1.807, 2.05) is 0 Å². The molecule has 1 aliphatic rings. The lowest BCUT2D eigenvalue weighted by Crippen LogP contribution is -2.35. The quantitative estimate of drug-likeness (QED) is 0.639. The predicted octanol–water partition coefficient (Wildman–Crippen LogP) is 3.06.